The van der Waals surface area contributed by atoms with E-state index in [1.165, 1.54) is 18.6 Å². The maximum Gasteiger partial charge on any atom is 0.269 e. The summed E-state index contributed by atoms with van der Waals surface area (Å²) in [5.41, 5.74) is 1.47. The van der Waals surface area contributed by atoms with Gasteiger partial charge in [-0.1, -0.05) is 23.7 Å². The van der Waals surface area contributed by atoms with Gasteiger partial charge >= 0.3 is 0 Å². The quantitative estimate of drug-likeness (QED) is 0.408. The third-order valence-corrected chi connectivity index (χ3v) is 5.00. The molecule has 0 radical (unpaired) electrons. The number of aromatic nitrogens is 5. The molecular weight excluding hydrogens is 458 g/mol. The Bertz CT molecular complexity index is 1370. The average molecular weight is 478 g/mol. The number of amides is 1. The molecule has 11 heteroatoms. The molecule has 1 aromatic carbocycles. The first-order valence-corrected chi connectivity index (χ1v) is 10.7. The van der Waals surface area contributed by atoms with Crippen molar-refractivity contribution in [3.05, 3.63) is 65.7 Å². The largest absolute Gasteiger partial charge is 0.461 e. The third-order valence-electron chi connectivity index (χ3n) is 4.68. The number of pyridine rings is 1. The molecule has 10 nitrogen and oxygen atoms in total. The molecule has 0 fully saturated rings. The number of nitriles is 1. The Hall–Kier alpha value is -4.07. The van der Waals surface area contributed by atoms with Crippen molar-refractivity contribution in [1.82, 2.24) is 24.7 Å². The van der Waals surface area contributed by atoms with Gasteiger partial charge in [0.05, 0.1) is 41.3 Å². The molecule has 0 bridgehead atoms. The molecule has 1 N–H and O–H groups in total. The molecule has 1 unspecified atom stereocenters. The fraction of sp³-hybridized carbons (Fsp3) is 0.217. The third kappa shape index (κ3) is 5.11. The fourth-order valence-electron chi connectivity index (χ4n) is 3.07. The Kier molecular flexibility index (Phi) is 6.96. The number of nitrogens with one attached hydrogen (secondary N) is 1. The number of hydrogen-bond acceptors (Lipinski definition) is 8. The van der Waals surface area contributed by atoms with E-state index in [0.29, 0.717) is 27.3 Å². The van der Waals surface area contributed by atoms with Gasteiger partial charge in [-0.15, -0.1) is 0 Å². The Labute approximate surface area is 200 Å². The van der Waals surface area contributed by atoms with Crippen molar-refractivity contribution in [2.75, 3.05) is 11.9 Å². The van der Waals surface area contributed by atoms with Crippen LogP contribution in [0.25, 0.3) is 16.7 Å². The SMILES string of the molecule is CC(C)OCC(Oc1ncnc2c1cnn2-c1ccccc1Cl)C(=O)Nc1cc(C#N)ccn1. The highest BCUT2D eigenvalue weighted by Crippen LogP contribution is 2.27. The Balaban J connectivity index is 1.63. The molecule has 4 aromatic rings. The zero-order valence-electron chi connectivity index (χ0n) is 18.3. The van der Waals surface area contributed by atoms with E-state index in [1.54, 1.807) is 23.0 Å². The van der Waals surface area contributed by atoms with Gasteiger partial charge in [-0.25, -0.2) is 19.6 Å². The molecule has 0 aliphatic rings. The van der Waals surface area contributed by atoms with Crippen LogP contribution in [-0.2, 0) is 9.53 Å². The fourth-order valence-corrected chi connectivity index (χ4v) is 3.29. The molecule has 3 heterocycles. The molecule has 0 saturated carbocycles. The molecule has 3 aromatic heterocycles. The van der Waals surface area contributed by atoms with Gasteiger partial charge in [-0.05, 0) is 38.1 Å². The molecule has 1 amide bonds. The zero-order valence-corrected chi connectivity index (χ0v) is 19.1. The van der Waals surface area contributed by atoms with Crippen molar-refractivity contribution in [3.63, 3.8) is 0 Å². The van der Waals surface area contributed by atoms with Crippen LogP contribution in [0.3, 0.4) is 0 Å². The maximum absolute atomic E-state index is 13.0. The summed E-state index contributed by atoms with van der Waals surface area (Å²) in [6.07, 6.45) is 3.11. The predicted octanol–water partition coefficient (Wildman–Crippen LogP) is 3.55. The second kappa shape index (κ2) is 10.2. The van der Waals surface area contributed by atoms with Crippen LogP contribution in [-0.4, -0.2) is 49.5 Å². The van der Waals surface area contributed by atoms with E-state index in [2.05, 4.69) is 25.4 Å². The molecule has 34 heavy (non-hydrogen) atoms. The van der Waals surface area contributed by atoms with Crippen molar-refractivity contribution in [3.8, 4) is 17.6 Å². The first kappa shape index (κ1) is 23.1. The predicted molar refractivity (Wildman–Crippen MR) is 125 cm³/mol. The van der Waals surface area contributed by atoms with Gasteiger partial charge in [0.1, 0.15) is 17.5 Å². The van der Waals surface area contributed by atoms with Crippen LogP contribution in [0.4, 0.5) is 5.82 Å². The van der Waals surface area contributed by atoms with E-state index in [9.17, 15) is 4.79 Å². The van der Waals surface area contributed by atoms with E-state index in [1.807, 2.05) is 38.1 Å². The lowest BCUT2D eigenvalue weighted by atomic mass is 10.2. The Morgan fingerprint density at radius 1 is 1.24 bits per heavy atom. The van der Waals surface area contributed by atoms with Gasteiger partial charge in [0.2, 0.25) is 12.0 Å². The summed E-state index contributed by atoms with van der Waals surface area (Å²) in [7, 11) is 0. The van der Waals surface area contributed by atoms with Crippen LogP contribution < -0.4 is 10.1 Å². The summed E-state index contributed by atoms with van der Waals surface area (Å²) in [6, 6.07) is 12.2. The number of fused-ring (bicyclic) bond motifs is 1. The topological polar surface area (TPSA) is 128 Å². The first-order valence-electron chi connectivity index (χ1n) is 10.3. The average Bonchev–Trinajstić information content (AvgIpc) is 3.26. The zero-order chi connectivity index (χ0) is 24.1. The molecule has 0 saturated heterocycles. The number of halogens is 1. The van der Waals surface area contributed by atoms with E-state index < -0.39 is 12.0 Å². The summed E-state index contributed by atoms with van der Waals surface area (Å²) in [4.78, 5) is 25.6. The summed E-state index contributed by atoms with van der Waals surface area (Å²) in [5, 5.41) is 17.1. The highest BCUT2D eigenvalue weighted by molar-refractivity contribution is 6.32. The van der Waals surface area contributed by atoms with E-state index in [0.717, 1.165) is 0 Å². The van der Waals surface area contributed by atoms with Crippen LogP contribution in [0, 0.1) is 11.3 Å². The van der Waals surface area contributed by atoms with Crippen LogP contribution in [0.15, 0.2) is 55.1 Å². The van der Waals surface area contributed by atoms with Crippen molar-refractivity contribution >= 4 is 34.4 Å². The summed E-state index contributed by atoms with van der Waals surface area (Å²) >= 11 is 6.32. The van der Waals surface area contributed by atoms with Gasteiger partial charge in [0.25, 0.3) is 5.91 Å². The van der Waals surface area contributed by atoms with Crippen molar-refractivity contribution in [1.29, 1.82) is 5.26 Å². The number of carbonyl (C=O) groups excluding carboxylic acids is 1. The van der Waals surface area contributed by atoms with Crippen LogP contribution in [0.1, 0.15) is 19.4 Å². The Morgan fingerprint density at radius 3 is 2.82 bits per heavy atom. The molecule has 0 aliphatic heterocycles. The lowest BCUT2D eigenvalue weighted by Gasteiger charge is -2.19. The Morgan fingerprint density at radius 2 is 2.06 bits per heavy atom. The highest BCUT2D eigenvalue weighted by atomic mass is 35.5. The number of carbonyl (C=O) groups is 1. The number of para-hydroxylation sites is 1. The van der Waals surface area contributed by atoms with Crippen molar-refractivity contribution in [2.24, 2.45) is 0 Å². The lowest BCUT2D eigenvalue weighted by Crippen LogP contribution is -2.38. The minimum Gasteiger partial charge on any atom is -0.461 e. The van der Waals surface area contributed by atoms with E-state index >= 15 is 0 Å². The van der Waals surface area contributed by atoms with Gasteiger partial charge < -0.3 is 14.8 Å². The number of anilines is 1. The number of rotatable bonds is 8. The second-order valence-electron chi connectivity index (χ2n) is 7.44. The van der Waals surface area contributed by atoms with Crippen LogP contribution in [0.2, 0.25) is 5.02 Å². The summed E-state index contributed by atoms with van der Waals surface area (Å²) < 4.78 is 13.2. The highest BCUT2D eigenvalue weighted by Gasteiger charge is 2.25. The van der Waals surface area contributed by atoms with E-state index in [4.69, 9.17) is 26.3 Å². The number of benzene rings is 1. The summed E-state index contributed by atoms with van der Waals surface area (Å²) in [6.45, 7) is 3.67. The van der Waals surface area contributed by atoms with Crippen molar-refractivity contribution < 1.29 is 14.3 Å². The lowest BCUT2D eigenvalue weighted by molar-refractivity contribution is -0.126. The maximum atomic E-state index is 13.0. The number of hydrogen-bond donors (Lipinski definition) is 1. The second-order valence-corrected chi connectivity index (χ2v) is 7.85. The van der Waals surface area contributed by atoms with Crippen LogP contribution in [0.5, 0.6) is 5.88 Å². The van der Waals surface area contributed by atoms with Crippen LogP contribution >= 0.6 is 11.6 Å². The van der Waals surface area contributed by atoms with Gasteiger partial charge in [-0.3, -0.25) is 4.79 Å². The first-order chi connectivity index (χ1) is 16.5. The monoisotopic (exact) mass is 477 g/mol. The molecule has 172 valence electrons. The minimum absolute atomic E-state index is 0.0361. The van der Waals surface area contributed by atoms with Gasteiger partial charge in [0, 0.05) is 6.20 Å². The smallest absolute Gasteiger partial charge is 0.269 e. The number of nitrogens with zero attached hydrogens (tertiary/aromatic N) is 6. The van der Waals surface area contributed by atoms with Crippen molar-refractivity contribution in [2.45, 2.75) is 26.1 Å². The normalized spacial score (nSPS) is 11.9. The molecule has 0 aliphatic carbocycles. The van der Waals surface area contributed by atoms with Gasteiger partial charge in [0.15, 0.2) is 5.65 Å². The molecule has 1 atom stereocenters. The standard InChI is InChI=1S/C23H20ClN7O3/c1-14(2)33-12-19(22(32)30-20-9-15(10-25)7-8-26-20)34-23-16-11-29-31(21(16)27-13-28-23)18-6-4-3-5-17(18)24/h3-9,11,13-14,19H,12H2,1-2H3,(H,26,30,32). The molecule has 4 rings (SSSR count). The minimum atomic E-state index is -1.06. The van der Waals surface area contributed by atoms with Gasteiger partial charge in [-0.2, -0.15) is 10.4 Å². The van der Waals surface area contributed by atoms with E-state index in [-0.39, 0.29) is 24.4 Å². The summed E-state index contributed by atoms with van der Waals surface area (Å²) in [5.74, 6) is -0.121. The number of ether oxygens (including phenoxy) is 2. The molecular formula is C23H20ClN7O3. The molecule has 0 spiro atoms.